The van der Waals surface area contributed by atoms with E-state index in [1.807, 2.05) is 6.92 Å². The van der Waals surface area contributed by atoms with Crippen molar-refractivity contribution in [3.8, 4) is 0 Å². The van der Waals surface area contributed by atoms with E-state index in [-0.39, 0.29) is 11.6 Å². The van der Waals surface area contributed by atoms with Crippen molar-refractivity contribution in [2.75, 3.05) is 5.73 Å². The lowest BCUT2D eigenvalue weighted by Gasteiger charge is -2.10. The highest BCUT2D eigenvalue weighted by Crippen LogP contribution is 2.21. The third kappa shape index (κ3) is 2.65. The molecule has 0 bridgehead atoms. The summed E-state index contributed by atoms with van der Waals surface area (Å²) in [5.41, 5.74) is 9.62. The molecule has 0 heterocycles. The van der Waals surface area contributed by atoms with Gasteiger partial charge in [0.15, 0.2) is 5.78 Å². The van der Waals surface area contributed by atoms with Gasteiger partial charge in [-0.1, -0.05) is 0 Å². The Morgan fingerprint density at radius 3 is 2.11 bits per heavy atom. The maximum atomic E-state index is 13.3. The van der Waals surface area contributed by atoms with Gasteiger partial charge in [-0.15, -0.1) is 0 Å². The number of anilines is 1. The Balaban J connectivity index is 2.56. The minimum Gasteiger partial charge on any atom is -0.399 e. The predicted octanol–water partition coefficient (Wildman–Crippen LogP) is 3.56. The summed E-state index contributed by atoms with van der Waals surface area (Å²) in [7, 11) is 0. The molecule has 3 heteroatoms. The van der Waals surface area contributed by atoms with Crippen molar-refractivity contribution in [1.29, 1.82) is 0 Å². The van der Waals surface area contributed by atoms with Crippen LogP contribution in [0.1, 0.15) is 32.6 Å². The number of benzene rings is 2. The topological polar surface area (TPSA) is 43.1 Å². The zero-order valence-corrected chi connectivity index (χ0v) is 11.3. The zero-order valence-electron chi connectivity index (χ0n) is 11.3. The first-order valence-electron chi connectivity index (χ1n) is 6.07. The number of ketones is 1. The SMILES string of the molecule is Cc1cc(N)cc(C(=O)c2c(C)cc(F)cc2C)c1. The smallest absolute Gasteiger partial charge is 0.193 e. The monoisotopic (exact) mass is 257 g/mol. The van der Waals surface area contributed by atoms with Gasteiger partial charge in [0.05, 0.1) is 0 Å². The number of nitrogen functional groups attached to an aromatic ring is 1. The van der Waals surface area contributed by atoms with Crippen molar-refractivity contribution < 1.29 is 9.18 Å². The lowest BCUT2D eigenvalue weighted by Crippen LogP contribution is -2.08. The molecule has 0 spiro atoms. The Kier molecular flexibility index (Phi) is 3.38. The van der Waals surface area contributed by atoms with Crippen LogP contribution in [0.15, 0.2) is 30.3 Å². The van der Waals surface area contributed by atoms with Gasteiger partial charge >= 0.3 is 0 Å². The average molecular weight is 257 g/mol. The van der Waals surface area contributed by atoms with E-state index in [9.17, 15) is 9.18 Å². The van der Waals surface area contributed by atoms with Gasteiger partial charge in [0.25, 0.3) is 0 Å². The zero-order chi connectivity index (χ0) is 14.2. The summed E-state index contributed by atoms with van der Waals surface area (Å²) >= 11 is 0. The summed E-state index contributed by atoms with van der Waals surface area (Å²) in [6, 6.07) is 8.00. The highest BCUT2D eigenvalue weighted by molar-refractivity contribution is 6.11. The normalized spacial score (nSPS) is 10.5. The minimum absolute atomic E-state index is 0.120. The number of hydrogen-bond acceptors (Lipinski definition) is 2. The molecule has 2 aromatic rings. The lowest BCUT2D eigenvalue weighted by molar-refractivity contribution is 0.103. The number of hydrogen-bond donors (Lipinski definition) is 1. The molecule has 0 radical (unpaired) electrons. The van der Waals surface area contributed by atoms with Gasteiger partial charge in [0, 0.05) is 16.8 Å². The summed E-state index contributed by atoms with van der Waals surface area (Å²) < 4.78 is 13.3. The molecule has 0 aliphatic carbocycles. The molecule has 0 unspecified atom stereocenters. The van der Waals surface area contributed by atoms with Crippen LogP contribution in [-0.2, 0) is 0 Å². The second kappa shape index (κ2) is 4.84. The molecule has 2 N–H and O–H groups in total. The number of carbonyl (C=O) groups is 1. The summed E-state index contributed by atoms with van der Waals surface area (Å²) in [5, 5.41) is 0. The van der Waals surface area contributed by atoms with Crippen LogP contribution in [0.2, 0.25) is 0 Å². The Morgan fingerprint density at radius 1 is 1.00 bits per heavy atom. The predicted molar refractivity (Wildman–Crippen MR) is 74.9 cm³/mol. The van der Waals surface area contributed by atoms with Crippen molar-refractivity contribution >= 4 is 11.5 Å². The fourth-order valence-corrected chi connectivity index (χ4v) is 2.36. The lowest BCUT2D eigenvalue weighted by atomic mass is 9.94. The van der Waals surface area contributed by atoms with Crippen molar-refractivity contribution in [1.82, 2.24) is 0 Å². The van der Waals surface area contributed by atoms with E-state index in [0.29, 0.717) is 27.9 Å². The van der Waals surface area contributed by atoms with Crippen LogP contribution in [0, 0.1) is 26.6 Å². The van der Waals surface area contributed by atoms with E-state index in [1.54, 1.807) is 32.0 Å². The molecule has 2 nitrogen and oxygen atoms in total. The maximum Gasteiger partial charge on any atom is 0.193 e. The second-order valence-corrected chi connectivity index (χ2v) is 4.88. The molecule has 98 valence electrons. The molecule has 0 fully saturated rings. The summed E-state index contributed by atoms with van der Waals surface area (Å²) in [5.74, 6) is -0.444. The number of carbonyl (C=O) groups excluding carboxylic acids is 1. The molecule has 0 aliphatic rings. The molecule has 2 rings (SSSR count). The third-order valence-corrected chi connectivity index (χ3v) is 3.09. The Bertz CT molecular complexity index is 619. The largest absolute Gasteiger partial charge is 0.399 e. The molecule has 0 aliphatic heterocycles. The van der Waals surface area contributed by atoms with E-state index in [4.69, 9.17) is 5.73 Å². The number of rotatable bonds is 2. The third-order valence-electron chi connectivity index (χ3n) is 3.09. The van der Waals surface area contributed by atoms with Gasteiger partial charge < -0.3 is 5.73 Å². The van der Waals surface area contributed by atoms with E-state index in [1.165, 1.54) is 12.1 Å². The van der Waals surface area contributed by atoms with E-state index in [2.05, 4.69) is 0 Å². The molecule has 19 heavy (non-hydrogen) atoms. The summed E-state index contributed by atoms with van der Waals surface area (Å²) in [4.78, 5) is 12.5. The van der Waals surface area contributed by atoms with Crippen molar-refractivity contribution in [3.05, 3.63) is 64.0 Å². The van der Waals surface area contributed by atoms with Crippen molar-refractivity contribution in [2.24, 2.45) is 0 Å². The van der Waals surface area contributed by atoms with Crippen molar-refractivity contribution in [3.63, 3.8) is 0 Å². The first-order valence-corrected chi connectivity index (χ1v) is 6.07. The molecule has 0 saturated heterocycles. The second-order valence-electron chi connectivity index (χ2n) is 4.88. The van der Waals surface area contributed by atoms with Gasteiger partial charge in [-0.3, -0.25) is 4.79 Å². The summed E-state index contributed by atoms with van der Waals surface area (Å²) in [6.07, 6.45) is 0. The van der Waals surface area contributed by atoms with E-state index in [0.717, 1.165) is 5.56 Å². The van der Waals surface area contributed by atoms with Crippen LogP contribution in [0.3, 0.4) is 0 Å². The van der Waals surface area contributed by atoms with Gasteiger partial charge in [0.2, 0.25) is 0 Å². The minimum atomic E-state index is -0.324. The van der Waals surface area contributed by atoms with Gasteiger partial charge in [-0.2, -0.15) is 0 Å². The van der Waals surface area contributed by atoms with Crippen LogP contribution in [-0.4, -0.2) is 5.78 Å². The fraction of sp³-hybridized carbons (Fsp3) is 0.188. The number of halogens is 1. The van der Waals surface area contributed by atoms with Crippen LogP contribution in [0.4, 0.5) is 10.1 Å². The number of aryl methyl sites for hydroxylation is 3. The Labute approximate surface area is 112 Å². The highest BCUT2D eigenvalue weighted by atomic mass is 19.1. The molecular weight excluding hydrogens is 241 g/mol. The van der Waals surface area contributed by atoms with Gasteiger partial charge in [-0.25, -0.2) is 4.39 Å². The fourth-order valence-electron chi connectivity index (χ4n) is 2.36. The Morgan fingerprint density at radius 2 is 1.58 bits per heavy atom. The van der Waals surface area contributed by atoms with Crippen LogP contribution in [0.25, 0.3) is 0 Å². The van der Waals surface area contributed by atoms with Crippen LogP contribution >= 0.6 is 0 Å². The van der Waals surface area contributed by atoms with Crippen LogP contribution < -0.4 is 5.73 Å². The molecule has 0 amide bonds. The molecule has 0 atom stereocenters. The average Bonchev–Trinajstić information content (AvgIpc) is 2.25. The first kappa shape index (κ1) is 13.3. The number of nitrogens with two attached hydrogens (primary N) is 1. The Hall–Kier alpha value is -2.16. The molecule has 2 aromatic carbocycles. The van der Waals surface area contributed by atoms with Crippen molar-refractivity contribution in [2.45, 2.75) is 20.8 Å². The first-order chi connectivity index (χ1) is 8.88. The maximum absolute atomic E-state index is 13.3. The van der Waals surface area contributed by atoms with Gasteiger partial charge in [-0.05, 0) is 67.8 Å². The van der Waals surface area contributed by atoms with E-state index >= 15 is 0 Å². The van der Waals surface area contributed by atoms with Gasteiger partial charge in [0.1, 0.15) is 5.82 Å². The highest BCUT2D eigenvalue weighted by Gasteiger charge is 2.16. The quantitative estimate of drug-likeness (QED) is 0.660. The van der Waals surface area contributed by atoms with E-state index < -0.39 is 0 Å². The molecule has 0 aromatic heterocycles. The standard InChI is InChI=1S/C16H16FNO/c1-9-4-12(8-14(18)5-9)16(19)15-10(2)6-13(17)7-11(15)3/h4-8H,18H2,1-3H3. The molecule has 0 saturated carbocycles. The molecular formula is C16H16FNO. The van der Waals surface area contributed by atoms with Crippen LogP contribution in [0.5, 0.6) is 0 Å². The summed E-state index contributed by atoms with van der Waals surface area (Å²) in [6.45, 7) is 5.36.